The topological polar surface area (TPSA) is 115 Å². The molecule has 1 aromatic rings. The maximum Gasteiger partial charge on any atom is 0.407 e. The van der Waals surface area contributed by atoms with Gasteiger partial charge in [-0.15, -0.1) is 0 Å². The molecule has 0 atom stereocenters. The number of hydrogen-bond acceptors (Lipinski definition) is 5. The summed E-state index contributed by atoms with van der Waals surface area (Å²) in [5, 5.41) is 11.4. The Labute approximate surface area is 122 Å². The number of rotatable bonds is 4. The number of hydrogen-bond donors (Lipinski definition) is 3. The number of carboxylic acid groups (broad SMARTS) is 1. The molecule has 1 aromatic heterocycles. The van der Waals surface area contributed by atoms with E-state index < -0.39 is 17.7 Å². The van der Waals surface area contributed by atoms with E-state index in [1.165, 1.54) is 12.3 Å². The Balaban J connectivity index is 2.53. The monoisotopic (exact) mass is 293 g/mol. The van der Waals surface area contributed by atoms with Gasteiger partial charge < -0.3 is 20.9 Å². The molecule has 4 N–H and O–H groups in total. The molecule has 114 valence electrons. The molecule has 21 heavy (non-hydrogen) atoms. The van der Waals surface area contributed by atoms with Crippen molar-refractivity contribution in [2.24, 2.45) is 0 Å². The molecule has 7 heteroatoms. The number of alkyl carbamates (subject to hydrolysis) is 1. The van der Waals surface area contributed by atoms with Crippen LogP contribution in [0.25, 0.3) is 6.08 Å². The Morgan fingerprint density at radius 1 is 1.48 bits per heavy atom. The highest BCUT2D eigenvalue weighted by Gasteiger charge is 2.15. The fourth-order valence-corrected chi connectivity index (χ4v) is 1.42. The molecule has 0 unspecified atom stereocenters. The Hall–Kier alpha value is -2.57. The summed E-state index contributed by atoms with van der Waals surface area (Å²) in [6.45, 7) is 5.61. The molecule has 0 fully saturated rings. The van der Waals surface area contributed by atoms with Crippen molar-refractivity contribution in [3.05, 3.63) is 29.6 Å². The minimum absolute atomic E-state index is 0.0877. The number of carbonyl (C=O) groups is 2. The van der Waals surface area contributed by atoms with Crippen LogP contribution in [0.2, 0.25) is 0 Å². The van der Waals surface area contributed by atoms with E-state index in [9.17, 15) is 9.59 Å². The molecule has 7 nitrogen and oxygen atoms in total. The minimum Gasteiger partial charge on any atom is -0.476 e. The van der Waals surface area contributed by atoms with Gasteiger partial charge in [0.1, 0.15) is 5.60 Å². The zero-order chi connectivity index (χ0) is 16.0. The van der Waals surface area contributed by atoms with E-state index in [1.807, 2.05) is 0 Å². The number of anilines is 1. The van der Waals surface area contributed by atoms with E-state index in [1.54, 1.807) is 32.9 Å². The van der Waals surface area contributed by atoms with Crippen molar-refractivity contribution in [1.82, 2.24) is 10.3 Å². The molecule has 0 radical (unpaired) electrons. The fraction of sp³-hybridized carbons (Fsp3) is 0.357. The van der Waals surface area contributed by atoms with Crippen molar-refractivity contribution in [2.75, 3.05) is 12.3 Å². The summed E-state index contributed by atoms with van der Waals surface area (Å²) in [7, 11) is 0. The standard InChI is InChI=1S/C14H19N3O4/c1-14(2,3)21-13(20)16-6-4-5-9-7-10(15)11(12(18)19)17-8-9/h4-5,7-8H,6,15H2,1-3H3,(H,16,20)(H,18,19). The Morgan fingerprint density at radius 3 is 2.67 bits per heavy atom. The molecule has 0 bridgehead atoms. The van der Waals surface area contributed by atoms with Crippen molar-refractivity contribution >= 4 is 23.8 Å². The highest BCUT2D eigenvalue weighted by Crippen LogP contribution is 2.12. The molecule has 0 spiro atoms. The molecule has 0 aliphatic rings. The molecular weight excluding hydrogens is 274 g/mol. The van der Waals surface area contributed by atoms with Crippen molar-refractivity contribution in [1.29, 1.82) is 0 Å². The van der Waals surface area contributed by atoms with E-state index in [4.69, 9.17) is 15.6 Å². The number of nitrogens with two attached hydrogens (primary N) is 1. The Bertz CT molecular complexity index is 562. The van der Waals surface area contributed by atoms with Crippen LogP contribution in [0.4, 0.5) is 10.5 Å². The number of aromatic nitrogens is 1. The first kappa shape index (κ1) is 16.5. The lowest BCUT2D eigenvalue weighted by Crippen LogP contribution is -2.32. The first-order valence-corrected chi connectivity index (χ1v) is 6.31. The largest absolute Gasteiger partial charge is 0.476 e. The third-order valence-corrected chi connectivity index (χ3v) is 2.21. The highest BCUT2D eigenvalue weighted by molar-refractivity contribution is 5.91. The number of pyridine rings is 1. The second kappa shape index (κ2) is 6.74. The van der Waals surface area contributed by atoms with Gasteiger partial charge in [0.2, 0.25) is 0 Å². The van der Waals surface area contributed by atoms with Crippen LogP contribution in [0.5, 0.6) is 0 Å². The fourth-order valence-electron chi connectivity index (χ4n) is 1.42. The molecule has 0 saturated carbocycles. The minimum atomic E-state index is -1.17. The molecule has 0 aromatic carbocycles. The predicted molar refractivity (Wildman–Crippen MR) is 78.9 cm³/mol. The van der Waals surface area contributed by atoms with Crippen LogP contribution < -0.4 is 11.1 Å². The average molecular weight is 293 g/mol. The maximum atomic E-state index is 11.4. The molecular formula is C14H19N3O4. The number of nitrogens with zero attached hydrogens (tertiary/aromatic N) is 1. The van der Waals surface area contributed by atoms with Gasteiger partial charge in [0, 0.05) is 12.7 Å². The van der Waals surface area contributed by atoms with E-state index >= 15 is 0 Å². The summed E-state index contributed by atoms with van der Waals surface area (Å²) >= 11 is 0. The van der Waals surface area contributed by atoms with Crippen molar-refractivity contribution < 1.29 is 19.4 Å². The van der Waals surface area contributed by atoms with Gasteiger partial charge in [-0.05, 0) is 32.4 Å². The highest BCUT2D eigenvalue weighted by atomic mass is 16.6. The SMILES string of the molecule is CC(C)(C)OC(=O)NCC=Cc1cnc(C(=O)O)c(N)c1. The normalized spacial score (nSPS) is 11.4. The van der Waals surface area contributed by atoms with Gasteiger partial charge in [-0.3, -0.25) is 0 Å². The zero-order valence-corrected chi connectivity index (χ0v) is 12.2. The molecule has 0 saturated heterocycles. The summed E-state index contributed by atoms with van der Waals surface area (Å²) in [6, 6.07) is 1.50. The predicted octanol–water partition coefficient (Wildman–Crippen LogP) is 1.90. The summed E-state index contributed by atoms with van der Waals surface area (Å²) in [4.78, 5) is 25.9. The third kappa shape index (κ3) is 5.94. The first-order chi connectivity index (χ1) is 9.69. The maximum absolute atomic E-state index is 11.4. The van der Waals surface area contributed by atoms with Gasteiger partial charge in [-0.2, -0.15) is 0 Å². The molecule has 1 heterocycles. The van der Waals surface area contributed by atoms with E-state index in [-0.39, 0.29) is 17.9 Å². The number of carboxylic acids is 1. The van der Waals surface area contributed by atoms with Gasteiger partial charge in [0.25, 0.3) is 0 Å². The van der Waals surface area contributed by atoms with Crippen LogP contribution in [0.3, 0.4) is 0 Å². The lowest BCUT2D eigenvalue weighted by Gasteiger charge is -2.19. The summed E-state index contributed by atoms with van der Waals surface area (Å²) < 4.78 is 5.07. The molecule has 0 aliphatic carbocycles. The lowest BCUT2D eigenvalue weighted by atomic mass is 10.2. The molecule has 1 rings (SSSR count). The van der Waals surface area contributed by atoms with Crippen molar-refractivity contribution in [2.45, 2.75) is 26.4 Å². The van der Waals surface area contributed by atoms with E-state index in [0.717, 1.165) is 0 Å². The van der Waals surface area contributed by atoms with Gasteiger partial charge in [0.15, 0.2) is 5.69 Å². The zero-order valence-electron chi connectivity index (χ0n) is 12.2. The van der Waals surface area contributed by atoms with Gasteiger partial charge >= 0.3 is 12.1 Å². The van der Waals surface area contributed by atoms with Crippen molar-refractivity contribution in [3.63, 3.8) is 0 Å². The average Bonchev–Trinajstić information content (AvgIpc) is 2.32. The second-order valence-corrected chi connectivity index (χ2v) is 5.30. The van der Waals surface area contributed by atoms with Gasteiger partial charge in [0.05, 0.1) is 5.69 Å². The number of nitrogen functional groups attached to an aromatic ring is 1. The number of carbonyl (C=O) groups excluding carboxylic acids is 1. The van der Waals surface area contributed by atoms with Crippen LogP contribution in [0, 0.1) is 0 Å². The van der Waals surface area contributed by atoms with Crippen molar-refractivity contribution in [3.8, 4) is 0 Å². The Kier molecular flexibility index (Phi) is 5.29. The Morgan fingerprint density at radius 2 is 2.14 bits per heavy atom. The van der Waals surface area contributed by atoms with Gasteiger partial charge in [-0.25, -0.2) is 14.6 Å². The van der Waals surface area contributed by atoms with Crippen LogP contribution >= 0.6 is 0 Å². The first-order valence-electron chi connectivity index (χ1n) is 6.31. The summed E-state index contributed by atoms with van der Waals surface area (Å²) in [5.41, 5.74) is 5.58. The van der Waals surface area contributed by atoms with Crippen LogP contribution in [-0.2, 0) is 4.74 Å². The summed E-state index contributed by atoms with van der Waals surface area (Å²) in [6.07, 6.45) is 4.24. The van der Waals surface area contributed by atoms with E-state index in [2.05, 4.69) is 10.3 Å². The molecule has 1 amide bonds. The smallest absolute Gasteiger partial charge is 0.407 e. The van der Waals surface area contributed by atoms with E-state index in [0.29, 0.717) is 5.56 Å². The number of ether oxygens (including phenoxy) is 1. The third-order valence-electron chi connectivity index (χ3n) is 2.21. The van der Waals surface area contributed by atoms with Crippen LogP contribution in [0.15, 0.2) is 18.3 Å². The van der Waals surface area contributed by atoms with Crippen LogP contribution in [0.1, 0.15) is 36.8 Å². The second-order valence-electron chi connectivity index (χ2n) is 5.30. The van der Waals surface area contributed by atoms with Gasteiger partial charge in [-0.1, -0.05) is 12.2 Å². The number of amides is 1. The van der Waals surface area contributed by atoms with Crippen LogP contribution in [-0.4, -0.2) is 34.3 Å². The lowest BCUT2D eigenvalue weighted by molar-refractivity contribution is 0.0533. The number of nitrogens with one attached hydrogen (secondary N) is 1. The summed E-state index contributed by atoms with van der Waals surface area (Å²) in [5.74, 6) is -1.17. The molecule has 0 aliphatic heterocycles. The quantitative estimate of drug-likeness (QED) is 0.781. The number of aromatic carboxylic acids is 1.